The standard InChI is InChI=1S/C18H22N4O2/c1-5-22(4)12-19-17-9-8-16(13(2)14(17)3)18(23)24-11-15-7-6-10-20-21-15/h6-10,12H,5,11H2,1-4H3/b19-12+. The molecule has 0 aliphatic heterocycles. The maximum atomic E-state index is 12.3. The molecule has 0 N–H and O–H groups in total. The van der Waals surface area contributed by atoms with Gasteiger partial charge in [-0.15, -0.1) is 0 Å². The first-order valence-electron chi connectivity index (χ1n) is 7.81. The van der Waals surface area contributed by atoms with Crippen LogP contribution in [0.25, 0.3) is 0 Å². The van der Waals surface area contributed by atoms with E-state index >= 15 is 0 Å². The quantitative estimate of drug-likeness (QED) is 0.464. The molecule has 1 heterocycles. The highest BCUT2D eigenvalue weighted by Gasteiger charge is 2.14. The number of benzene rings is 1. The summed E-state index contributed by atoms with van der Waals surface area (Å²) in [6.45, 7) is 6.89. The van der Waals surface area contributed by atoms with Crippen molar-refractivity contribution in [2.24, 2.45) is 4.99 Å². The van der Waals surface area contributed by atoms with Gasteiger partial charge < -0.3 is 9.64 Å². The summed E-state index contributed by atoms with van der Waals surface area (Å²) < 4.78 is 5.32. The van der Waals surface area contributed by atoms with E-state index in [2.05, 4.69) is 22.1 Å². The van der Waals surface area contributed by atoms with E-state index in [1.165, 1.54) is 0 Å². The highest BCUT2D eigenvalue weighted by molar-refractivity contribution is 5.92. The molecular weight excluding hydrogens is 304 g/mol. The fourth-order valence-electron chi connectivity index (χ4n) is 2.04. The van der Waals surface area contributed by atoms with E-state index in [1.54, 1.807) is 30.7 Å². The number of aromatic nitrogens is 2. The summed E-state index contributed by atoms with van der Waals surface area (Å²) >= 11 is 0. The number of aliphatic imine (C=N–C) groups is 1. The average Bonchev–Trinajstić information content (AvgIpc) is 2.61. The smallest absolute Gasteiger partial charge is 0.338 e. The molecular formula is C18H22N4O2. The summed E-state index contributed by atoms with van der Waals surface area (Å²) in [5, 5.41) is 7.66. The van der Waals surface area contributed by atoms with Crippen LogP contribution in [0.4, 0.5) is 5.69 Å². The highest BCUT2D eigenvalue weighted by atomic mass is 16.5. The molecule has 2 aromatic rings. The molecule has 0 aliphatic rings. The zero-order valence-corrected chi connectivity index (χ0v) is 14.5. The van der Waals surface area contributed by atoms with Crippen LogP contribution in [0, 0.1) is 13.8 Å². The molecule has 0 aliphatic carbocycles. The van der Waals surface area contributed by atoms with Gasteiger partial charge in [0, 0.05) is 19.8 Å². The molecule has 6 nitrogen and oxygen atoms in total. The van der Waals surface area contributed by atoms with Gasteiger partial charge in [0.1, 0.15) is 12.3 Å². The van der Waals surface area contributed by atoms with Gasteiger partial charge in [-0.2, -0.15) is 10.2 Å². The van der Waals surface area contributed by atoms with Crippen molar-refractivity contribution in [3.63, 3.8) is 0 Å². The molecule has 0 saturated carbocycles. The molecule has 0 radical (unpaired) electrons. The number of ether oxygens (including phenoxy) is 1. The average molecular weight is 326 g/mol. The first kappa shape index (κ1) is 17.6. The van der Waals surface area contributed by atoms with Crippen LogP contribution >= 0.6 is 0 Å². The van der Waals surface area contributed by atoms with Crippen molar-refractivity contribution in [2.45, 2.75) is 27.4 Å². The molecule has 126 valence electrons. The van der Waals surface area contributed by atoms with Gasteiger partial charge in [0.2, 0.25) is 0 Å². The fraction of sp³-hybridized carbons (Fsp3) is 0.333. The number of esters is 1. The predicted molar refractivity (Wildman–Crippen MR) is 93.5 cm³/mol. The minimum atomic E-state index is -0.373. The number of hydrogen-bond donors (Lipinski definition) is 0. The van der Waals surface area contributed by atoms with Gasteiger partial charge in [-0.05, 0) is 56.2 Å². The Morgan fingerprint density at radius 3 is 2.75 bits per heavy atom. The lowest BCUT2D eigenvalue weighted by Gasteiger charge is -2.12. The summed E-state index contributed by atoms with van der Waals surface area (Å²) in [7, 11) is 1.96. The predicted octanol–water partition coefficient (Wildman–Crippen LogP) is 3.06. The number of carbonyl (C=O) groups is 1. The number of hydrogen-bond acceptors (Lipinski definition) is 5. The number of carbonyl (C=O) groups excluding carboxylic acids is 1. The van der Waals surface area contributed by atoms with Crippen LogP contribution < -0.4 is 0 Å². The lowest BCUT2D eigenvalue weighted by Crippen LogP contribution is -2.14. The Hall–Kier alpha value is -2.76. The van der Waals surface area contributed by atoms with E-state index in [0.29, 0.717) is 11.3 Å². The Kier molecular flexibility index (Phi) is 6.01. The van der Waals surface area contributed by atoms with Crippen molar-refractivity contribution in [1.82, 2.24) is 15.1 Å². The largest absolute Gasteiger partial charge is 0.455 e. The lowest BCUT2D eigenvalue weighted by atomic mass is 10.0. The Labute approximate surface area is 142 Å². The van der Waals surface area contributed by atoms with Crippen molar-refractivity contribution in [3.8, 4) is 0 Å². The van der Waals surface area contributed by atoms with Gasteiger partial charge in [0.15, 0.2) is 0 Å². The Balaban J connectivity index is 2.12. The molecule has 1 aromatic carbocycles. The molecule has 2 rings (SSSR count). The van der Waals surface area contributed by atoms with Crippen LogP contribution in [-0.2, 0) is 11.3 Å². The molecule has 0 amide bonds. The van der Waals surface area contributed by atoms with Crippen LogP contribution in [0.2, 0.25) is 0 Å². The summed E-state index contributed by atoms with van der Waals surface area (Å²) in [5.74, 6) is -0.373. The maximum Gasteiger partial charge on any atom is 0.338 e. The topological polar surface area (TPSA) is 67.7 Å². The summed E-state index contributed by atoms with van der Waals surface area (Å²) in [6.07, 6.45) is 3.36. The molecule has 0 spiro atoms. The van der Waals surface area contributed by atoms with E-state index in [4.69, 9.17) is 4.74 Å². The molecule has 0 unspecified atom stereocenters. The summed E-state index contributed by atoms with van der Waals surface area (Å²) in [6, 6.07) is 7.10. The Bertz CT molecular complexity index is 729. The Morgan fingerprint density at radius 1 is 1.29 bits per heavy atom. The summed E-state index contributed by atoms with van der Waals surface area (Å²) in [4.78, 5) is 18.7. The fourth-order valence-corrected chi connectivity index (χ4v) is 2.04. The van der Waals surface area contributed by atoms with Gasteiger partial charge in [-0.25, -0.2) is 9.79 Å². The van der Waals surface area contributed by atoms with Gasteiger partial charge in [0.25, 0.3) is 0 Å². The van der Waals surface area contributed by atoms with Gasteiger partial charge >= 0.3 is 5.97 Å². The zero-order chi connectivity index (χ0) is 17.5. The van der Waals surface area contributed by atoms with Gasteiger partial charge in [-0.3, -0.25) is 0 Å². The minimum absolute atomic E-state index is 0.104. The first-order valence-corrected chi connectivity index (χ1v) is 7.81. The van der Waals surface area contributed by atoms with Gasteiger partial charge in [-0.1, -0.05) is 0 Å². The van der Waals surface area contributed by atoms with E-state index in [0.717, 1.165) is 23.4 Å². The minimum Gasteiger partial charge on any atom is -0.455 e. The van der Waals surface area contributed by atoms with Crippen LogP contribution in [-0.4, -0.2) is 41.0 Å². The van der Waals surface area contributed by atoms with E-state index in [1.807, 2.05) is 31.9 Å². The monoisotopic (exact) mass is 326 g/mol. The molecule has 1 aromatic heterocycles. The van der Waals surface area contributed by atoms with E-state index in [-0.39, 0.29) is 12.6 Å². The Morgan fingerprint density at radius 2 is 2.08 bits per heavy atom. The second kappa shape index (κ2) is 8.19. The molecule has 0 fully saturated rings. The van der Waals surface area contributed by atoms with Crippen molar-refractivity contribution in [3.05, 3.63) is 52.8 Å². The SMILES string of the molecule is CCN(C)/C=N/c1ccc(C(=O)OCc2cccnn2)c(C)c1C. The van der Waals surface area contributed by atoms with Crippen molar-refractivity contribution in [1.29, 1.82) is 0 Å². The zero-order valence-electron chi connectivity index (χ0n) is 14.5. The van der Waals surface area contributed by atoms with Crippen molar-refractivity contribution in [2.75, 3.05) is 13.6 Å². The second-order valence-electron chi connectivity index (χ2n) is 5.49. The third-order valence-corrected chi connectivity index (χ3v) is 3.85. The number of rotatable bonds is 6. The van der Waals surface area contributed by atoms with Crippen LogP contribution in [0.3, 0.4) is 0 Å². The van der Waals surface area contributed by atoms with Crippen LogP contribution in [0.15, 0.2) is 35.5 Å². The van der Waals surface area contributed by atoms with E-state index < -0.39 is 0 Å². The van der Waals surface area contributed by atoms with Crippen molar-refractivity contribution >= 4 is 18.0 Å². The van der Waals surface area contributed by atoms with Crippen molar-refractivity contribution < 1.29 is 9.53 Å². The molecule has 0 saturated heterocycles. The highest BCUT2D eigenvalue weighted by Crippen LogP contribution is 2.25. The van der Waals surface area contributed by atoms with Crippen LogP contribution in [0.5, 0.6) is 0 Å². The molecule has 24 heavy (non-hydrogen) atoms. The first-order chi connectivity index (χ1) is 11.5. The third-order valence-electron chi connectivity index (χ3n) is 3.85. The maximum absolute atomic E-state index is 12.3. The molecule has 0 atom stereocenters. The normalized spacial score (nSPS) is 10.8. The number of nitrogens with zero attached hydrogens (tertiary/aromatic N) is 4. The molecule has 6 heteroatoms. The second-order valence-corrected chi connectivity index (χ2v) is 5.49. The van der Waals surface area contributed by atoms with Gasteiger partial charge in [0.05, 0.1) is 17.6 Å². The molecule has 0 bridgehead atoms. The summed E-state index contributed by atoms with van der Waals surface area (Å²) in [5.41, 5.74) is 3.83. The van der Waals surface area contributed by atoms with Crippen LogP contribution in [0.1, 0.15) is 34.1 Å². The lowest BCUT2D eigenvalue weighted by molar-refractivity contribution is 0.0466. The van der Waals surface area contributed by atoms with E-state index in [9.17, 15) is 4.79 Å². The third kappa shape index (κ3) is 4.38.